The number of amides is 1. The second-order valence-corrected chi connectivity index (χ2v) is 7.08. The van der Waals surface area contributed by atoms with Crippen LogP contribution in [0.2, 0.25) is 0 Å². The molecule has 0 saturated heterocycles. The number of para-hydroxylation sites is 2. The maximum absolute atomic E-state index is 12.9. The van der Waals surface area contributed by atoms with Crippen molar-refractivity contribution in [2.75, 3.05) is 11.4 Å². The number of hydrogen-bond donors (Lipinski definition) is 2. The largest absolute Gasteiger partial charge is 0.446 e. The fourth-order valence-electron chi connectivity index (χ4n) is 3.87. The minimum Gasteiger partial charge on any atom is -0.446 e. The molecule has 0 bridgehead atoms. The minimum atomic E-state index is -0.424. The molecule has 2 aromatic carbocycles. The van der Waals surface area contributed by atoms with Crippen LogP contribution in [0.3, 0.4) is 0 Å². The zero-order valence-corrected chi connectivity index (χ0v) is 15.3. The van der Waals surface area contributed by atoms with E-state index in [2.05, 4.69) is 16.0 Å². The van der Waals surface area contributed by atoms with Crippen LogP contribution in [0.25, 0.3) is 10.9 Å². The van der Waals surface area contributed by atoms with Gasteiger partial charge in [-0.15, -0.1) is 0 Å². The van der Waals surface area contributed by atoms with Gasteiger partial charge in [0.2, 0.25) is 5.89 Å². The summed E-state index contributed by atoms with van der Waals surface area (Å²) < 4.78 is 5.56. The quantitative estimate of drug-likeness (QED) is 0.573. The van der Waals surface area contributed by atoms with Gasteiger partial charge in [0.05, 0.1) is 6.04 Å². The van der Waals surface area contributed by atoms with Gasteiger partial charge in [-0.1, -0.05) is 36.4 Å². The van der Waals surface area contributed by atoms with Crippen molar-refractivity contribution in [1.29, 1.82) is 0 Å². The van der Waals surface area contributed by atoms with E-state index in [0.717, 1.165) is 28.6 Å². The van der Waals surface area contributed by atoms with Gasteiger partial charge < -0.3 is 20.0 Å². The number of nitrogens with one attached hydrogen (secondary N) is 1. The number of oxazole rings is 1. The Balaban J connectivity index is 1.35. The first kappa shape index (κ1) is 16.8. The van der Waals surface area contributed by atoms with Crippen LogP contribution in [0.4, 0.5) is 5.69 Å². The molecule has 1 unspecified atom stereocenters. The molecule has 0 aliphatic carbocycles. The molecule has 5 rings (SSSR count). The summed E-state index contributed by atoms with van der Waals surface area (Å²) in [5.74, 6) is 0.223. The van der Waals surface area contributed by atoms with E-state index in [1.165, 1.54) is 11.8 Å². The van der Waals surface area contributed by atoms with Gasteiger partial charge in [0.1, 0.15) is 6.26 Å². The maximum Gasteiger partial charge on any atom is 0.280 e. The number of aromatic nitrogens is 2. The number of aromatic amines is 1. The van der Waals surface area contributed by atoms with Gasteiger partial charge >= 0.3 is 0 Å². The lowest BCUT2D eigenvalue weighted by Gasteiger charge is -2.15. The first-order valence-corrected chi connectivity index (χ1v) is 9.36. The second kappa shape index (κ2) is 6.65. The van der Waals surface area contributed by atoms with E-state index >= 15 is 0 Å². The molecule has 4 aromatic rings. The lowest BCUT2D eigenvalue weighted by atomic mass is 10.1. The highest BCUT2D eigenvalue weighted by molar-refractivity contribution is 6.05. The summed E-state index contributed by atoms with van der Waals surface area (Å²) in [7, 11) is 0. The molecule has 1 amide bonds. The van der Waals surface area contributed by atoms with Crippen molar-refractivity contribution in [2.45, 2.75) is 18.9 Å². The van der Waals surface area contributed by atoms with Gasteiger partial charge in [0, 0.05) is 29.3 Å². The van der Waals surface area contributed by atoms with Crippen molar-refractivity contribution >= 4 is 22.5 Å². The number of fused-ring (bicyclic) bond motifs is 2. The smallest absolute Gasteiger partial charge is 0.280 e. The molecule has 6 heteroatoms. The van der Waals surface area contributed by atoms with Crippen LogP contribution >= 0.6 is 0 Å². The third-order valence-electron chi connectivity index (χ3n) is 5.31. The van der Waals surface area contributed by atoms with Gasteiger partial charge in [-0.3, -0.25) is 4.79 Å². The Morgan fingerprint density at radius 2 is 2.04 bits per heavy atom. The van der Waals surface area contributed by atoms with Crippen molar-refractivity contribution in [3.05, 3.63) is 83.7 Å². The second-order valence-electron chi connectivity index (χ2n) is 7.08. The normalized spacial score (nSPS) is 14.4. The monoisotopic (exact) mass is 372 g/mol. The molecule has 1 atom stereocenters. The summed E-state index contributed by atoms with van der Waals surface area (Å²) in [6.07, 6.45) is 4.80. The van der Waals surface area contributed by atoms with E-state index < -0.39 is 6.04 Å². The first-order chi connectivity index (χ1) is 13.7. The Labute approximate surface area is 162 Å². The zero-order valence-electron chi connectivity index (χ0n) is 15.3. The van der Waals surface area contributed by atoms with Gasteiger partial charge in [-0.25, -0.2) is 4.98 Å². The summed E-state index contributed by atoms with van der Waals surface area (Å²) in [4.78, 5) is 22.3. The molecule has 0 spiro atoms. The van der Waals surface area contributed by atoms with E-state index in [1.54, 1.807) is 4.90 Å². The summed E-state index contributed by atoms with van der Waals surface area (Å²) in [5.41, 5.74) is 10.9. The Kier molecular flexibility index (Phi) is 3.98. The number of carbonyl (C=O) groups excluding carboxylic acids is 1. The van der Waals surface area contributed by atoms with Gasteiger partial charge in [-0.05, 0) is 36.1 Å². The number of carbonyl (C=O) groups is 1. The van der Waals surface area contributed by atoms with Gasteiger partial charge in [0.15, 0.2) is 5.69 Å². The predicted molar refractivity (Wildman–Crippen MR) is 107 cm³/mol. The molecule has 3 heterocycles. The molecule has 0 saturated carbocycles. The Morgan fingerprint density at radius 1 is 1.21 bits per heavy atom. The topological polar surface area (TPSA) is 88.2 Å². The summed E-state index contributed by atoms with van der Waals surface area (Å²) >= 11 is 0. The molecule has 0 radical (unpaired) electrons. The lowest BCUT2D eigenvalue weighted by Crippen LogP contribution is -2.29. The first-order valence-electron chi connectivity index (χ1n) is 9.36. The molecular formula is C22H20N4O2. The number of rotatable bonds is 4. The summed E-state index contributed by atoms with van der Waals surface area (Å²) in [6.45, 7) is 0.655. The van der Waals surface area contributed by atoms with Crippen molar-refractivity contribution in [2.24, 2.45) is 5.73 Å². The van der Waals surface area contributed by atoms with Crippen molar-refractivity contribution in [1.82, 2.24) is 9.97 Å². The van der Waals surface area contributed by atoms with E-state index in [9.17, 15) is 4.79 Å². The molecule has 3 N–H and O–H groups in total. The molecule has 0 fully saturated rings. The molecule has 6 nitrogen and oxygen atoms in total. The van der Waals surface area contributed by atoms with Crippen LogP contribution in [-0.2, 0) is 12.8 Å². The van der Waals surface area contributed by atoms with Crippen LogP contribution in [0.1, 0.15) is 33.5 Å². The fourth-order valence-corrected chi connectivity index (χ4v) is 3.87. The fraction of sp³-hybridized carbons (Fsp3) is 0.182. The molecule has 28 heavy (non-hydrogen) atoms. The van der Waals surface area contributed by atoms with Gasteiger partial charge in [0.25, 0.3) is 5.91 Å². The summed E-state index contributed by atoms with van der Waals surface area (Å²) in [6, 6.07) is 15.6. The average molecular weight is 372 g/mol. The van der Waals surface area contributed by atoms with Crippen LogP contribution < -0.4 is 10.6 Å². The van der Waals surface area contributed by atoms with Crippen LogP contribution in [0.5, 0.6) is 0 Å². The van der Waals surface area contributed by atoms with Crippen molar-refractivity contribution < 1.29 is 9.21 Å². The summed E-state index contributed by atoms with van der Waals surface area (Å²) in [5, 5.41) is 1.13. The van der Waals surface area contributed by atoms with Crippen LogP contribution in [0.15, 0.2) is 65.4 Å². The standard InChI is InChI=1S/C22H20N4O2/c23-17(11-15-12-24-18-7-3-2-6-16(15)18)21-25-19(13-28-21)22(27)26-10-9-14-5-1-4-8-20(14)26/h1-8,12-13,17,24H,9-11,23H2. The number of benzene rings is 2. The highest BCUT2D eigenvalue weighted by Gasteiger charge is 2.28. The minimum absolute atomic E-state index is 0.153. The van der Waals surface area contributed by atoms with Crippen molar-refractivity contribution in [3.63, 3.8) is 0 Å². The van der Waals surface area contributed by atoms with Crippen LogP contribution in [-0.4, -0.2) is 22.4 Å². The van der Waals surface area contributed by atoms with Crippen LogP contribution in [0, 0.1) is 0 Å². The SMILES string of the molecule is NC(Cc1c[nH]c2ccccc12)c1nc(C(=O)N2CCc3ccccc32)co1. The third-order valence-corrected chi connectivity index (χ3v) is 5.31. The number of H-pyrrole nitrogens is 1. The highest BCUT2D eigenvalue weighted by Crippen LogP contribution is 2.29. The van der Waals surface area contributed by atoms with E-state index in [4.69, 9.17) is 10.2 Å². The average Bonchev–Trinajstić information content (AvgIpc) is 3.46. The van der Waals surface area contributed by atoms with Crippen molar-refractivity contribution in [3.8, 4) is 0 Å². The Hall–Kier alpha value is -3.38. The lowest BCUT2D eigenvalue weighted by molar-refractivity contribution is 0.0984. The van der Waals surface area contributed by atoms with Gasteiger partial charge in [-0.2, -0.15) is 0 Å². The molecule has 1 aliphatic heterocycles. The molecular weight excluding hydrogens is 352 g/mol. The predicted octanol–water partition coefficient (Wildman–Crippen LogP) is 3.60. The van der Waals surface area contributed by atoms with E-state index in [0.29, 0.717) is 24.6 Å². The van der Waals surface area contributed by atoms with E-state index in [-0.39, 0.29) is 5.91 Å². The zero-order chi connectivity index (χ0) is 19.1. The molecule has 2 aromatic heterocycles. The number of anilines is 1. The molecule has 1 aliphatic rings. The maximum atomic E-state index is 12.9. The van der Waals surface area contributed by atoms with E-state index in [1.807, 2.05) is 48.7 Å². The highest BCUT2D eigenvalue weighted by atomic mass is 16.3. The number of hydrogen-bond acceptors (Lipinski definition) is 4. The molecule has 140 valence electrons. The Morgan fingerprint density at radius 3 is 2.96 bits per heavy atom. The Bertz CT molecular complexity index is 1160. The third kappa shape index (κ3) is 2.78. The number of nitrogens with two attached hydrogens (primary N) is 1. The number of nitrogens with zero attached hydrogens (tertiary/aromatic N) is 2.